The van der Waals surface area contributed by atoms with E-state index in [9.17, 15) is 14.4 Å². The third-order valence-electron chi connectivity index (χ3n) is 2.65. The standard InChI is InChI=1S/C14H8BrFN2O/c15-13-10(2-1-3-12(13)16)14(19)11(8-17)9-4-6-18-7-5-9/h1-7,11H. The zero-order chi connectivity index (χ0) is 13.8. The van der Waals surface area contributed by atoms with E-state index in [1.54, 1.807) is 12.1 Å². The topological polar surface area (TPSA) is 53.8 Å². The van der Waals surface area contributed by atoms with Gasteiger partial charge in [0.15, 0.2) is 5.78 Å². The summed E-state index contributed by atoms with van der Waals surface area (Å²) in [5, 5.41) is 9.17. The first-order valence-electron chi connectivity index (χ1n) is 5.43. The molecule has 1 aromatic carbocycles. The van der Waals surface area contributed by atoms with Crippen molar-refractivity contribution in [1.29, 1.82) is 5.26 Å². The maximum atomic E-state index is 13.4. The van der Waals surface area contributed by atoms with Crippen LogP contribution in [0.3, 0.4) is 0 Å². The average molecular weight is 319 g/mol. The molecule has 19 heavy (non-hydrogen) atoms. The Bertz CT molecular complexity index is 652. The summed E-state index contributed by atoms with van der Waals surface area (Å²) in [4.78, 5) is 16.1. The summed E-state index contributed by atoms with van der Waals surface area (Å²) >= 11 is 3.03. The van der Waals surface area contributed by atoms with Gasteiger partial charge in [-0.2, -0.15) is 5.26 Å². The molecule has 2 aromatic rings. The van der Waals surface area contributed by atoms with Crippen molar-refractivity contribution >= 4 is 21.7 Å². The lowest BCUT2D eigenvalue weighted by atomic mass is 9.92. The zero-order valence-electron chi connectivity index (χ0n) is 9.68. The first-order valence-corrected chi connectivity index (χ1v) is 6.22. The van der Waals surface area contributed by atoms with Gasteiger partial charge in [-0.25, -0.2) is 4.39 Å². The van der Waals surface area contributed by atoms with Crippen LogP contribution in [0, 0.1) is 17.1 Å². The Morgan fingerprint density at radius 3 is 2.63 bits per heavy atom. The second kappa shape index (κ2) is 5.72. The van der Waals surface area contributed by atoms with E-state index < -0.39 is 17.5 Å². The van der Waals surface area contributed by atoms with Gasteiger partial charge in [0, 0.05) is 18.0 Å². The van der Waals surface area contributed by atoms with Crippen LogP contribution in [-0.2, 0) is 0 Å². The van der Waals surface area contributed by atoms with Crippen LogP contribution in [0.5, 0.6) is 0 Å². The maximum absolute atomic E-state index is 13.4. The number of rotatable bonds is 3. The molecule has 1 aromatic heterocycles. The van der Waals surface area contributed by atoms with Gasteiger partial charge in [-0.3, -0.25) is 9.78 Å². The molecule has 1 heterocycles. The van der Waals surface area contributed by atoms with E-state index in [1.807, 2.05) is 6.07 Å². The molecule has 0 saturated heterocycles. The summed E-state index contributed by atoms with van der Waals surface area (Å²) in [6.45, 7) is 0. The monoisotopic (exact) mass is 318 g/mol. The minimum absolute atomic E-state index is 0.0781. The maximum Gasteiger partial charge on any atom is 0.185 e. The molecule has 3 nitrogen and oxygen atoms in total. The predicted octanol–water partition coefficient (Wildman–Crippen LogP) is 3.47. The zero-order valence-corrected chi connectivity index (χ0v) is 11.3. The molecule has 0 amide bonds. The first-order chi connectivity index (χ1) is 9.15. The molecule has 0 fully saturated rings. The third-order valence-corrected chi connectivity index (χ3v) is 3.45. The minimum Gasteiger partial charge on any atom is -0.292 e. The Labute approximate surface area is 117 Å². The van der Waals surface area contributed by atoms with Gasteiger partial charge in [-0.15, -0.1) is 0 Å². The summed E-state index contributed by atoms with van der Waals surface area (Å²) in [6.07, 6.45) is 3.02. The van der Waals surface area contributed by atoms with Crippen molar-refractivity contribution in [3.8, 4) is 6.07 Å². The van der Waals surface area contributed by atoms with E-state index in [2.05, 4.69) is 20.9 Å². The summed E-state index contributed by atoms with van der Waals surface area (Å²) in [5.74, 6) is -1.95. The van der Waals surface area contributed by atoms with Crippen molar-refractivity contribution in [2.24, 2.45) is 0 Å². The molecule has 0 aliphatic carbocycles. The van der Waals surface area contributed by atoms with Crippen molar-refractivity contribution < 1.29 is 9.18 Å². The van der Waals surface area contributed by atoms with Crippen LogP contribution in [0.2, 0.25) is 0 Å². The summed E-state index contributed by atoms with van der Waals surface area (Å²) < 4.78 is 13.5. The van der Waals surface area contributed by atoms with Gasteiger partial charge in [0.25, 0.3) is 0 Å². The van der Waals surface area contributed by atoms with Crippen LogP contribution in [-0.4, -0.2) is 10.8 Å². The van der Waals surface area contributed by atoms with Crippen molar-refractivity contribution in [2.45, 2.75) is 5.92 Å². The Morgan fingerprint density at radius 2 is 2.00 bits per heavy atom. The fraction of sp³-hybridized carbons (Fsp3) is 0.0714. The van der Waals surface area contributed by atoms with Crippen LogP contribution >= 0.6 is 15.9 Å². The Hall–Kier alpha value is -2.06. The molecule has 0 N–H and O–H groups in total. The van der Waals surface area contributed by atoms with Gasteiger partial charge in [-0.05, 0) is 45.8 Å². The second-order valence-electron chi connectivity index (χ2n) is 3.81. The highest BCUT2D eigenvalue weighted by Gasteiger charge is 2.24. The fourth-order valence-electron chi connectivity index (χ4n) is 1.69. The Kier molecular flexibility index (Phi) is 4.03. The third kappa shape index (κ3) is 2.69. The van der Waals surface area contributed by atoms with E-state index in [4.69, 9.17) is 0 Å². The highest BCUT2D eigenvalue weighted by molar-refractivity contribution is 9.10. The number of hydrogen-bond donors (Lipinski definition) is 0. The van der Waals surface area contributed by atoms with Crippen LogP contribution < -0.4 is 0 Å². The van der Waals surface area contributed by atoms with Crippen molar-refractivity contribution in [1.82, 2.24) is 4.98 Å². The number of carbonyl (C=O) groups excluding carboxylic acids is 1. The molecular formula is C14H8BrFN2O. The Balaban J connectivity index is 2.43. The average Bonchev–Trinajstić information content (AvgIpc) is 2.44. The molecule has 0 spiro atoms. The Morgan fingerprint density at radius 1 is 1.32 bits per heavy atom. The van der Waals surface area contributed by atoms with Gasteiger partial charge >= 0.3 is 0 Å². The first kappa shape index (κ1) is 13.4. The summed E-state index contributed by atoms with van der Waals surface area (Å²) in [5.41, 5.74) is 0.696. The van der Waals surface area contributed by atoms with Crippen molar-refractivity contribution in [3.63, 3.8) is 0 Å². The minimum atomic E-state index is -0.971. The molecule has 2 rings (SSSR count). The van der Waals surface area contributed by atoms with E-state index in [-0.39, 0.29) is 10.0 Å². The van der Waals surface area contributed by atoms with Crippen molar-refractivity contribution in [3.05, 3.63) is 64.1 Å². The molecule has 0 aliphatic rings. The number of halogens is 2. The molecule has 94 valence electrons. The SMILES string of the molecule is N#CC(C(=O)c1cccc(F)c1Br)c1ccncc1. The number of pyridine rings is 1. The lowest BCUT2D eigenvalue weighted by Gasteiger charge is -2.10. The van der Waals surface area contributed by atoms with E-state index in [0.29, 0.717) is 5.56 Å². The number of carbonyl (C=O) groups is 1. The lowest BCUT2D eigenvalue weighted by molar-refractivity contribution is 0.0977. The summed E-state index contributed by atoms with van der Waals surface area (Å²) in [7, 11) is 0. The molecule has 0 bridgehead atoms. The highest BCUT2D eigenvalue weighted by Crippen LogP contribution is 2.26. The van der Waals surface area contributed by atoms with Gasteiger partial charge in [-0.1, -0.05) is 6.07 Å². The molecule has 1 atom stereocenters. The molecule has 0 aliphatic heterocycles. The number of nitriles is 1. The van der Waals surface area contributed by atoms with Gasteiger partial charge < -0.3 is 0 Å². The number of hydrogen-bond acceptors (Lipinski definition) is 3. The number of Topliss-reactive ketones (excluding diaryl/α,β-unsaturated/α-hetero) is 1. The van der Waals surface area contributed by atoms with Crippen LogP contribution in [0.1, 0.15) is 21.8 Å². The van der Waals surface area contributed by atoms with Crippen LogP contribution in [0.15, 0.2) is 47.2 Å². The van der Waals surface area contributed by atoms with Crippen LogP contribution in [0.25, 0.3) is 0 Å². The van der Waals surface area contributed by atoms with Gasteiger partial charge in [0.1, 0.15) is 11.7 Å². The number of ketones is 1. The van der Waals surface area contributed by atoms with Crippen molar-refractivity contribution in [2.75, 3.05) is 0 Å². The van der Waals surface area contributed by atoms with E-state index >= 15 is 0 Å². The molecule has 1 unspecified atom stereocenters. The molecule has 0 saturated carbocycles. The van der Waals surface area contributed by atoms with E-state index in [0.717, 1.165) is 0 Å². The highest BCUT2D eigenvalue weighted by atomic mass is 79.9. The van der Waals surface area contributed by atoms with Gasteiger partial charge in [0.2, 0.25) is 0 Å². The van der Waals surface area contributed by atoms with Crippen LogP contribution in [0.4, 0.5) is 4.39 Å². The smallest absolute Gasteiger partial charge is 0.185 e. The fourth-order valence-corrected chi connectivity index (χ4v) is 2.15. The lowest BCUT2D eigenvalue weighted by Crippen LogP contribution is -2.12. The van der Waals surface area contributed by atoms with Gasteiger partial charge in [0.05, 0.1) is 10.5 Å². The normalized spacial score (nSPS) is 11.6. The second-order valence-corrected chi connectivity index (χ2v) is 4.60. The number of aromatic nitrogens is 1. The molecule has 5 heteroatoms. The molecular weight excluding hydrogens is 311 g/mol. The quantitative estimate of drug-likeness (QED) is 0.814. The number of nitrogens with zero attached hydrogens (tertiary/aromatic N) is 2. The predicted molar refractivity (Wildman–Crippen MR) is 71.0 cm³/mol. The largest absolute Gasteiger partial charge is 0.292 e. The summed E-state index contributed by atoms with van der Waals surface area (Å²) in [6, 6.07) is 9.31. The number of benzene rings is 1. The van der Waals surface area contributed by atoms with E-state index in [1.165, 1.54) is 30.6 Å². The molecule has 0 radical (unpaired) electrons.